The maximum atomic E-state index is 6.03. The van der Waals surface area contributed by atoms with Gasteiger partial charge >= 0.3 is 0 Å². The Morgan fingerprint density at radius 2 is 1.71 bits per heavy atom. The lowest BCUT2D eigenvalue weighted by Gasteiger charge is -2.11. The smallest absolute Gasteiger partial charge is 0.168 e. The quantitative estimate of drug-likeness (QED) is 0.675. The van der Waals surface area contributed by atoms with Crippen LogP contribution in [0.3, 0.4) is 0 Å². The largest absolute Gasteiger partial charge is 0.278 e. The van der Waals surface area contributed by atoms with Crippen LogP contribution in [0.2, 0.25) is 0 Å². The van der Waals surface area contributed by atoms with E-state index in [2.05, 4.69) is 42.2 Å². The van der Waals surface area contributed by atoms with Crippen LogP contribution in [0, 0.1) is 13.8 Å². The van der Waals surface area contributed by atoms with Crippen LogP contribution in [0.15, 0.2) is 48.5 Å². The fourth-order valence-corrected chi connectivity index (χ4v) is 2.49. The van der Waals surface area contributed by atoms with E-state index in [-0.39, 0.29) is 0 Å². The first-order chi connectivity index (χ1) is 10.2. The number of nitrogens with zero attached hydrogens (tertiary/aromatic N) is 3. The SMILES string of the molecule is Cc1ccc(-n2c(CCl)nnc2-c2ccccc2)cc1C. The summed E-state index contributed by atoms with van der Waals surface area (Å²) in [6, 6.07) is 16.4. The van der Waals surface area contributed by atoms with Gasteiger partial charge in [-0.3, -0.25) is 4.57 Å². The number of aryl methyl sites for hydroxylation is 2. The highest BCUT2D eigenvalue weighted by atomic mass is 35.5. The Bertz CT molecular complexity index is 763. The molecule has 0 unspecified atom stereocenters. The molecule has 3 nitrogen and oxygen atoms in total. The Hall–Kier alpha value is -2.13. The molecule has 4 heteroatoms. The zero-order valence-corrected chi connectivity index (χ0v) is 12.8. The normalized spacial score (nSPS) is 10.8. The highest BCUT2D eigenvalue weighted by molar-refractivity contribution is 6.16. The molecular formula is C17H16ClN3. The summed E-state index contributed by atoms with van der Waals surface area (Å²) in [6.45, 7) is 4.21. The van der Waals surface area contributed by atoms with Gasteiger partial charge in [0, 0.05) is 11.3 Å². The maximum absolute atomic E-state index is 6.03. The molecule has 3 rings (SSSR count). The molecule has 0 atom stereocenters. The van der Waals surface area contributed by atoms with Gasteiger partial charge in [0.15, 0.2) is 11.6 Å². The minimum absolute atomic E-state index is 0.326. The van der Waals surface area contributed by atoms with Gasteiger partial charge in [0.25, 0.3) is 0 Å². The van der Waals surface area contributed by atoms with Crippen molar-refractivity contribution in [3.8, 4) is 17.1 Å². The molecule has 0 saturated heterocycles. The number of rotatable bonds is 3. The Labute approximate surface area is 129 Å². The molecule has 0 aliphatic rings. The Morgan fingerprint density at radius 3 is 2.38 bits per heavy atom. The molecule has 0 amide bonds. The fraction of sp³-hybridized carbons (Fsp3) is 0.176. The summed E-state index contributed by atoms with van der Waals surface area (Å²) in [5.41, 5.74) is 4.57. The average molecular weight is 298 g/mol. The summed E-state index contributed by atoms with van der Waals surface area (Å²) in [5, 5.41) is 8.53. The van der Waals surface area contributed by atoms with Crippen molar-refractivity contribution in [2.45, 2.75) is 19.7 Å². The molecular weight excluding hydrogens is 282 g/mol. The van der Waals surface area contributed by atoms with Crippen LogP contribution in [0.5, 0.6) is 0 Å². The second kappa shape index (κ2) is 5.70. The van der Waals surface area contributed by atoms with Crippen molar-refractivity contribution in [1.82, 2.24) is 14.8 Å². The molecule has 1 heterocycles. The second-order valence-corrected chi connectivity index (χ2v) is 5.31. The van der Waals surface area contributed by atoms with Crippen molar-refractivity contribution in [3.05, 3.63) is 65.5 Å². The molecule has 21 heavy (non-hydrogen) atoms. The van der Waals surface area contributed by atoms with Crippen LogP contribution < -0.4 is 0 Å². The van der Waals surface area contributed by atoms with Crippen LogP contribution in [-0.4, -0.2) is 14.8 Å². The van der Waals surface area contributed by atoms with Gasteiger partial charge in [0.1, 0.15) is 0 Å². The lowest BCUT2D eigenvalue weighted by Crippen LogP contribution is -2.02. The second-order valence-electron chi connectivity index (χ2n) is 5.04. The third-order valence-corrected chi connectivity index (χ3v) is 3.87. The van der Waals surface area contributed by atoms with Gasteiger partial charge in [0.2, 0.25) is 0 Å². The summed E-state index contributed by atoms with van der Waals surface area (Å²) in [6.07, 6.45) is 0. The fourth-order valence-electron chi connectivity index (χ4n) is 2.31. The van der Waals surface area contributed by atoms with Crippen LogP contribution in [0.1, 0.15) is 17.0 Å². The summed E-state index contributed by atoms with van der Waals surface area (Å²) >= 11 is 6.03. The van der Waals surface area contributed by atoms with E-state index < -0.39 is 0 Å². The third kappa shape index (κ3) is 2.57. The minimum atomic E-state index is 0.326. The van der Waals surface area contributed by atoms with Gasteiger partial charge < -0.3 is 0 Å². The van der Waals surface area contributed by atoms with Crippen molar-refractivity contribution in [2.24, 2.45) is 0 Å². The molecule has 0 spiro atoms. The molecule has 0 fully saturated rings. The number of halogens is 1. The van der Waals surface area contributed by atoms with E-state index in [1.807, 2.05) is 34.9 Å². The first-order valence-electron chi connectivity index (χ1n) is 6.84. The zero-order chi connectivity index (χ0) is 14.8. The molecule has 0 N–H and O–H groups in total. The molecule has 0 saturated carbocycles. The summed E-state index contributed by atoms with van der Waals surface area (Å²) < 4.78 is 2.02. The van der Waals surface area contributed by atoms with E-state index in [0.717, 1.165) is 22.9 Å². The van der Waals surface area contributed by atoms with Gasteiger partial charge in [-0.25, -0.2) is 0 Å². The summed E-state index contributed by atoms with van der Waals surface area (Å²) in [4.78, 5) is 0. The van der Waals surface area contributed by atoms with Crippen molar-refractivity contribution in [2.75, 3.05) is 0 Å². The van der Waals surface area contributed by atoms with Crippen LogP contribution in [0.25, 0.3) is 17.1 Å². The first kappa shape index (κ1) is 13.8. The van der Waals surface area contributed by atoms with E-state index in [9.17, 15) is 0 Å². The number of aromatic nitrogens is 3. The lowest BCUT2D eigenvalue weighted by atomic mass is 10.1. The topological polar surface area (TPSA) is 30.7 Å². The molecule has 3 aromatic rings. The Morgan fingerprint density at radius 1 is 0.952 bits per heavy atom. The van der Waals surface area contributed by atoms with Gasteiger partial charge in [-0.15, -0.1) is 21.8 Å². The van der Waals surface area contributed by atoms with Crippen molar-refractivity contribution >= 4 is 11.6 Å². The van der Waals surface area contributed by atoms with E-state index in [0.29, 0.717) is 5.88 Å². The summed E-state index contributed by atoms with van der Waals surface area (Å²) in [5.74, 6) is 1.89. The highest BCUT2D eigenvalue weighted by Gasteiger charge is 2.15. The first-order valence-corrected chi connectivity index (χ1v) is 7.37. The predicted octanol–water partition coefficient (Wildman–Crippen LogP) is 4.29. The molecule has 0 aliphatic carbocycles. The van der Waals surface area contributed by atoms with Crippen molar-refractivity contribution < 1.29 is 0 Å². The van der Waals surface area contributed by atoms with E-state index >= 15 is 0 Å². The van der Waals surface area contributed by atoms with Crippen LogP contribution >= 0.6 is 11.6 Å². The molecule has 1 aromatic heterocycles. The number of hydrogen-bond donors (Lipinski definition) is 0. The lowest BCUT2D eigenvalue weighted by molar-refractivity contribution is 0.951. The van der Waals surface area contributed by atoms with Crippen LogP contribution in [0.4, 0.5) is 0 Å². The van der Waals surface area contributed by atoms with Gasteiger partial charge in [0.05, 0.1) is 5.88 Å². The number of alkyl halides is 1. The zero-order valence-electron chi connectivity index (χ0n) is 12.0. The standard InChI is InChI=1S/C17H16ClN3/c1-12-8-9-15(10-13(12)2)21-16(11-18)19-20-17(21)14-6-4-3-5-7-14/h3-10H,11H2,1-2H3. The number of hydrogen-bond acceptors (Lipinski definition) is 2. The molecule has 0 radical (unpaired) electrons. The molecule has 0 bridgehead atoms. The highest BCUT2D eigenvalue weighted by Crippen LogP contribution is 2.24. The monoisotopic (exact) mass is 297 g/mol. The van der Waals surface area contributed by atoms with E-state index in [1.165, 1.54) is 11.1 Å². The van der Waals surface area contributed by atoms with Crippen molar-refractivity contribution in [3.63, 3.8) is 0 Å². The van der Waals surface area contributed by atoms with Gasteiger partial charge in [-0.2, -0.15) is 0 Å². The van der Waals surface area contributed by atoms with Gasteiger partial charge in [-0.1, -0.05) is 36.4 Å². The van der Waals surface area contributed by atoms with E-state index in [4.69, 9.17) is 11.6 Å². The molecule has 106 valence electrons. The Balaban J connectivity index is 2.21. The maximum Gasteiger partial charge on any atom is 0.168 e. The minimum Gasteiger partial charge on any atom is -0.278 e. The third-order valence-electron chi connectivity index (χ3n) is 3.63. The summed E-state index contributed by atoms with van der Waals surface area (Å²) in [7, 11) is 0. The average Bonchev–Trinajstić information content (AvgIpc) is 2.95. The van der Waals surface area contributed by atoms with E-state index in [1.54, 1.807) is 0 Å². The predicted molar refractivity (Wildman–Crippen MR) is 85.8 cm³/mol. The molecule has 2 aromatic carbocycles. The van der Waals surface area contributed by atoms with Gasteiger partial charge in [-0.05, 0) is 37.1 Å². The number of benzene rings is 2. The van der Waals surface area contributed by atoms with Crippen LogP contribution in [-0.2, 0) is 5.88 Å². The Kier molecular flexibility index (Phi) is 3.76. The molecule has 0 aliphatic heterocycles. The van der Waals surface area contributed by atoms with Crippen molar-refractivity contribution in [1.29, 1.82) is 0 Å².